The van der Waals surface area contributed by atoms with Crippen molar-refractivity contribution in [3.8, 4) is 0 Å². The van der Waals surface area contributed by atoms with Gasteiger partial charge < -0.3 is 10.2 Å². The first-order chi connectivity index (χ1) is 9.29. The molecule has 1 aromatic heterocycles. The summed E-state index contributed by atoms with van der Waals surface area (Å²) in [6.07, 6.45) is 3.59. The van der Waals surface area contributed by atoms with Crippen LogP contribution in [0.2, 0.25) is 0 Å². The molecule has 0 aliphatic carbocycles. The molecule has 2 heterocycles. The Morgan fingerprint density at radius 2 is 2.32 bits per heavy atom. The number of hydrogen-bond acceptors (Lipinski definition) is 4. The molecule has 3 nitrogen and oxygen atoms in total. The molecule has 0 amide bonds. The van der Waals surface area contributed by atoms with Gasteiger partial charge in [-0.05, 0) is 44.3 Å². The maximum Gasteiger partial charge on any atom is 0.141 e. The number of nitrogens with zero attached hydrogens (tertiary/aromatic N) is 2. The van der Waals surface area contributed by atoms with E-state index in [0.29, 0.717) is 0 Å². The van der Waals surface area contributed by atoms with Crippen LogP contribution in [-0.4, -0.2) is 48.1 Å². The Balaban J connectivity index is 1.86. The molecule has 1 N–H and O–H groups in total. The van der Waals surface area contributed by atoms with Crippen LogP contribution in [0.5, 0.6) is 0 Å². The van der Waals surface area contributed by atoms with E-state index in [-0.39, 0.29) is 11.9 Å². The average molecular weight is 283 g/mol. The van der Waals surface area contributed by atoms with Gasteiger partial charge in [0.25, 0.3) is 0 Å². The van der Waals surface area contributed by atoms with Crippen molar-refractivity contribution in [3.05, 3.63) is 29.8 Å². The SMILES string of the molecule is CNC(CCN1CCCSCC1)c1ccc(F)cn1. The Hall–Kier alpha value is -0.650. The minimum absolute atomic E-state index is 0.205. The molecule has 1 aliphatic heterocycles. The van der Waals surface area contributed by atoms with Crippen molar-refractivity contribution in [2.75, 3.05) is 38.2 Å². The lowest BCUT2D eigenvalue weighted by Gasteiger charge is -2.23. The molecule has 1 unspecified atom stereocenters. The van der Waals surface area contributed by atoms with Crippen LogP contribution in [0.4, 0.5) is 4.39 Å². The Labute approximate surface area is 119 Å². The first kappa shape index (κ1) is 14.8. The van der Waals surface area contributed by atoms with Crippen LogP contribution in [0, 0.1) is 5.82 Å². The van der Waals surface area contributed by atoms with Gasteiger partial charge in [0, 0.05) is 18.8 Å². The minimum atomic E-state index is -0.275. The third-order valence-electron chi connectivity index (χ3n) is 3.50. The Kier molecular flexibility index (Phi) is 6.07. The molecule has 2 rings (SSSR count). The second kappa shape index (κ2) is 7.82. The average Bonchev–Trinajstić information content (AvgIpc) is 2.70. The topological polar surface area (TPSA) is 28.2 Å². The molecule has 106 valence electrons. The van der Waals surface area contributed by atoms with E-state index >= 15 is 0 Å². The zero-order valence-electron chi connectivity index (χ0n) is 11.4. The highest BCUT2D eigenvalue weighted by Gasteiger charge is 2.14. The van der Waals surface area contributed by atoms with E-state index < -0.39 is 0 Å². The number of nitrogens with one attached hydrogen (secondary N) is 1. The number of pyridine rings is 1. The van der Waals surface area contributed by atoms with Crippen molar-refractivity contribution >= 4 is 11.8 Å². The van der Waals surface area contributed by atoms with Gasteiger partial charge in [-0.2, -0.15) is 11.8 Å². The van der Waals surface area contributed by atoms with Gasteiger partial charge in [0.15, 0.2) is 0 Å². The Morgan fingerprint density at radius 3 is 3.05 bits per heavy atom. The smallest absolute Gasteiger partial charge is 0.141 e. The van der Waals surface area contributed by atoms with Gasteiger partial charge in [0.1, 0.15) is 5.82 Å². The molecular weight excluding hydrogens is 261 g/mol. The lowest BCUT2D eigenvalue weighted by Crippen LogP contribution is -2.30. The van der Waals surface area contributed by atoms with Crippen LogP contribution < -0.4 is 5.32 Å². The zero-order valence-corrected chi connectivity index (χ0v) is 12.3. The maximum atomic E-state index is 12.9. The number of thioether (sulfide) groups is 1. The molecule has 5 heteroatoms. The first-order valence-corrected chi connectivity index (χ1v) is 8.04. The molecule has 0 aromatic carbocycles. The van der Waals surface area contributed by atoms with Crippen molar-refractivity contribution in [2.45, 2.75) is 18.9 Å². The monoisotopic (exact) mass is 283 g/mol. The van der Waals surface area contributed by atoms with Crippen molar-refractivity contribution in [1.82, 2.24) is 15.2 Å². The van der Waals surface area contributed by atoms with Crippen molar-refractivity contribution in [3.63, 3.8) is 0 Å². The molecule has 1 atom stereocenters. The normalized spacial score (nSPS) is 19.1. The standard InChI is InChI=1S/C14H22FN3S/c1-16-13(14-4-3-12(15)11-17-14)5-7-18-6-2-9-19-10-8-18/h3-4,11,13,16H,2,5-10H2,1H3. The highest BCUT2D eigenvalue weighted by atomic mass is 32.2. The fourth-order valence-electron chi connectivity index (χ4n) is 2.37. The van der Waals surface area contributed by atoms with E-state index in [1.165, 1.54) is 43.3 Å². The van der Waals surface area contributed by atoms with Crippen LogP contribution >= 0.6 is 11.8 Å². The minimum Gasteiger partial charge on any atom is -0.312 e. The summed E-state index contributed by atoms with van der Waals surface area (Å²) in [6.45, 7) is 3.45. The van der Waals surface area contributed by atoms with Crippen molar-refractivity contribution in [1.29, 1.82) is 0 Å². The molecule has 1 saturated heterocycles. The molecule has 1 fully saturated rings. The van der Waals surface area contributed by atoms with Crippen molar-refractivity contribution in [2.24, 2.45) is 0 Å². The summed E-state index contributed by atoms with van der Waals surface area (Å²) in [5, 5.41) is 3.28. The van der Waals surface area contributed by atoms with Gasteiger partial charge in [-0.1, -0.05) is 0 Å². The van der Waals surface area contributed by atoms with E-state index in [1.807, 2.05) is 18.8 Å². The Morgan fingerprint density at radius 1 is 1.42 bits per heavy atom. The summed E-state index contributed by atoms with van der Waals surface area (Å²) in [5.41, 5.74) is 0.924. The maximum absolute atomic E-state index is 12.9. The highest BCUT2D eigenvalue weighted by molar-refractivity contribution is 7.99. The molecule has 0 spiro atoms. The van der Waals surface area contributed by atoms with Crippen LogP contribution in [0.3, 0.4) is 0 Å². The largest absolute Gasteiger partial charge is 0.312 e. The van der Waals surface area contributed by atoms with Gasteiger partial charge in [-0.3, -0.25) is 4.98 Å². The van der Waals surface area contributed by atoms with Crippen molar-refractivity contribution < 1.29 is 4.39 Å². The van der Waals surface area contributed by atoms with E-state index in [9.17, 15) is 4.39 Å². The summed E-state index contributed by atoms with van der Waals surface area (Å²) >= 11 is 2.05. The van der Waals surface area contributed by atoms with E-state index in [2.05, 4.69) is 15.2 Å². The molecule has 1 aromatic rings. The molecule has 0 radical (unpaired) electrons. The predicted molar refractivity (Wildman–Crippen MR) is 79.0 cm³/mol. The number of aromatic nitrogens is 1. The number of rotatable bonds is 5. The predicted octanol–water partition coefficient (Wildman–Crippen LogP) is 2.31. The fraction of sp³-hybridized carbons (Fsp3) is 0.643. The van der Waals surface area contributed by atoms with E-state index in [4.69, 9.17) is 0 Å². The number of hydrogen-bond donors (Lipinski definition) is 1. The molecule has 0 bridgehead atoms. The van der Waals surface area contributed by atoms with E-state index in [0.717, 1.165) is 18.7 Å². The third-order valence-corrected chi connectivity index (χ3v) is 4.55. The second-order valence-corrected chi connectivity index (χ2v) is 6.06. The van der Waals surface area contributed by atoms with Gasteiger partial charge in [-0.15, -0.1) is 0 Å². The lowest BCUT2D eigenvalue weighted by molar-refractivity contribution is 0.276. The quantitative estimate of drug-likeness (QED) is 0.897. The van der Waals surface area contributed by atoms with Gasteiger partial charge in [0.05, 0.1) is 17.9 Å². The molecular formula is C14H22FN3S. The van der Waals surface area contributed by atoms with E-state index in [1.54, 1.807) is 6.07 Å². The summed E-state index contributed by atoms with van der Waals surface area (Å²) in [5.74, 6) is 2.24. The third kappa shape index (κ3) is 4.75. The summed E-state index contributed by atoms with van der Waals surface area (Å²) in [6, 6.07) is 3.46. The Bertz CT molecular complexity index is 363. The molecule has 19 heavy (non-hydrogen) atoms. The summed E-state index contributed by atoms with van der Waals surface area (Å²) in [7, 11) is 1.94. The fourth-order valence-corrected chi connectivity index (χ4v) is 3.29. The van der Waals surface area contributed by atoms with Crippen LogP contribution in [0.25, 0.3) is 0 Å². The second-order valence-electron chi connectivity index (χ2n) is 4.84. The van der Waals surface area contributed by atoms with Crippen LogP contribution in [-0.2, 0) is 0 Å². The van der Waals surface area contributed by atoms with Gasteiger partial charge in [0.2, 0.25) is 0 Å². The van der Waals surface area contributed by atoms with Crippen LogP contribution in [0.15, 0.2) is 18.3 Å². The van der Waals surface area contributed by atoms with Gasteiger partial charge >= 0.3 is 0 Å². The highest BCUT2D eigenvalue weighted by Crippen LogP contribution is 2.16. The molecule has 0 saturated carbocycles. The van der Waals surface area contributed by atoms with Gasteiger partial charge in [-0.25, -0.2) is 4.39 Å². The summed E-state index contributed by atoms with van der Waals surface area (Å²) in [4.78, 5) is 6.69. The summed E-state index contributed by atoms with van der Waals surface area (Å²) < 4.78 is 12.9. The first-order valence-electron chi connectivity index (χ1n) is 6.88. The number of halogens is 1. The lowest BCUT2D eigenvalue weighted by atomic mass is 10.1. The zero-order chi connectivity index (χ0) is 13.5. The molecule has 1 aliphatic rings. The van der Waals surface area contributed by atoms with Crippen LogP contribution in [0.1, 0.15) is 24.6 Å².